The van der Waals surface area contributed by atoms with E-state index in [4.69, 9.17) is 11.8 Å². The molecule has 0 aliphatic heterocycles. The van der Waals surface area contributed by atoms with Gasteiger partial charge in [-0.25, -0.2) is 18.0 Å². The number of hydrogen-bond acceptors (Lipinski definition) is 3. The number of rotatable bonds is 4. The lowest BCUT2D eigenvalue weighted by Crippen LogP contribution is -2.38. The minimum atomic E-state index is -5.26. The van der Waals surface area contributed by atoms with Gasteiger partial charge in [-0.1, -0.05) is 0 Å². The summed E-state index contributed by atoms with van der Waals surface area (Å²) in [5, 5.41) is 0. The van der Waals surface area contributed by atoms with Crippen LogP contribution in [-0.2, 0) is 10.0 Å². The average Bonchev–Trinajstić information content (AvgIpc) is 1.85. The van der Waals surface area contributed by atoms with Gasteiger partial charge in [-0.05, 0) is 11.8 Å². The maximum Gasteiger partial charge on any atom is 0.511 e. The molecule has 0 saturated heterocycles. The molecule has 0 heterocycles. The fourth-order valence-electron chi connectivity index (χ4n) is 0.314. The lowest BCUT2D eigenvalue weighted by molar-refractivity contribution is -0.0447. The molecule has 74 valence electrons. The van der Waals surface area contributed by atoms with Crippen LogP contribution in [0.4, 0.5) is 13.2 Å². The van der Waals surface area contributed by atoms with Crippen molar-refractivity contribution in [1.82, 2.24) is 9.56 Å². The van der Waals surface area contributed by atoms with Gasteiger partial charge >= 0.3 is 15.5 Å². The molecule has 0 bridgehead atoms. The Bertz CT molecular complexity index is 226. The maximum atomic E-state index is 11.6. The summed E-state index contributed by atoms with van der Waals surface area (Å²) in [6.45, 7) is -0.498. The molecule has 4 nitrogen and oxygen atoms in total. The Morgan fingerprint density at radius 3 is 2.08 bits per heavy atom. The molecule has 9 heteroatoms. The predicted molar refractivity (Wildman–Crippen MR) is 36.8 cm³/mol. The molecule has 0 aromatic heterocycles. The lowest BCUT2D eigenvalue weighted by atomic mass is 10.7. The van der Waals surface area contributed by atoms with Gasteiger partial charge in [-0.3, -0.25) is 0 Å². The second-order valence-electron chi connectivity index (χ2n) is 1.73. The highest BCUT2D eigenvalue weighted by Gasteiger charge is 2.45. The standard InChI is InChI=1S/C3H6ClF3N2O2S/c4-8-1-2-9-12(10,11)3(5,6)7/h8-9H,1-2H2. The molecule has 0 aliphatic carbocycles. The van der Waals surface area contributed by atoms with Gasteiger partial charge in [0.2, 0.25) is 0 Å². The van der Waals surface area contributed by atoms with Gasteiger partial charge in [0, 0.05) is 13.1 Å². The Morgan fingerprint density at radius 2 is 1.75 bits per heavy atom. The monoisotopic (exact) mass is 226 g/mol. The highest BCUT2D eigenvalue weighted by Crippen LogP contribution is 2.20. The molecule has 0 saturated carbocycles. The topological polar surface area (TPSA) is 58.2 Å². The normalized spacial score (nSPS) is 13.3. The van der Waals surface area contributed by atoms with Gasteiger partial charge in [0.05, 0.1) is 0 Å². The Kier molecular flexibility index (Phi) is 4.24. The summed E-state index contributed by atoms with van der Waals surface area (Å²) >= 11 is 4.88. The number of nitrogens with one attached hydrogen (secondary N) is 2. The molecule has 0 aliphatic rings. The molecule has 0 amide bonds. The Morgan fingerprint density at radius 1 is 1.25 bits per heavy atom. The molecular weight excluding hydrogens is 221 g/mol. The highest BCUT2D eigenvalue weighted by molar-refractivity contribution is 7.90. The quantitative estimate of drug-likeness (QED) is 0.531. The molecule has 0 aromatic rings. The zero-order chi connectivity index (χ0) is 9.83. The molecule has 0 rings (SSSR count). The first-order valence-corrected chi connectivity index (χ1v) is 4.57. The minimum Gasteiger partial charge on any atom is -0.232 e. The SMILES string of the molecule is O=S(=O)(NCCNCl)C(F)(F)F. The highest BCUT2D eigenvalue weighted by atomic mass is 35.5. The summed E-state index contributed by atoms with van der Waals surface area (Å²) in [5.41, 5.74) is -5.26. The smallest absolute Gasteiger partial charge is 0.232 e. The number of halogens is 4. The third-order valence-corrected chi connectivity index (χ3v) is 2.20. The van der Waals surface area contributed by atoms with Crippen molar-refractivity contribution in [2.24, 2.45) is 0 Å². The van der Waals surface area contributed by atoms with Crippen molar-refractivity contribution in [2.45, 2.75) is 5.51 Å². The van der Waals surface area contributed by atoms with Crippen LogP contribution in [0.2, 0.25) is 0 Å². The molecule has 12 heavy (non-hydrogen) atoms. The lowest BCUT2D eigenvalue weighted by Gasteiger charge is -2.07. The largest absolute Gasteiger partial charge is 0.511 e. The van der Waals surface area contributed by atoms with Gasteiger partial charge in [0.25, 0.3) is 0 Å². The summed E-state index contributed by atoms with van der Waals surface area (Å²) < 4.78 is 56.4. The Labute approximate surface area is 72.2 Å². The van der Waals surface area contributed by atoms with Gasteiger partial charge in [0.1, 0.15) is 0 Å². The van der Waals surface area contributed by atoms with Gasteiger partial charge in [-0.2, -0.15) is 13.2 Å². The van der Waals surface area contributed by atoms with Crippen LogP contribution in [-0.4, -0.2) is 27.0 Å². The Balaban J connectivity index is 4.08. The fourth-order valence-corrected chi connectivity index (χ4v) is 0.943. The van der Waals surface area contributed by atoms with Crippen LogP contribution in [0.1, 0.15) is 0 Å². The van der Waals surface area contributed by atoms with E-state index in [1.165, 1.54) is 4.72 Å². The summed E-state index contributed by atoms with van der Waals surface area (Å²) in [4.78, 5) is 1.97. The first kappa shape index (κ1) is 11.9. The third-order valence-electron chi connectivity index (χ3n) is 0.816. The first-order valence-electron chi connectivity index (χ1n) is 2.70. The van der Waals surface area contributed by atoms with Crippen LogP contribution < -0.4 is 9.56 Å². The van der Waals surface area contributed by atoms with Crippen molar-refractivity contribution >= 4 is 21.8 Å². The van der Waals surface area contributed by atoms with Crippen LogP contribution in [0.15, 0.2) is 0 Å². The van der Waals surface area contributed by atoms with Crippen molar-refractivity contribution in [3.05, 3.63) is 0 Å². The number of sulfonamides is 1. The summed E-state index contributed by atoms with van der Waals surface area (Å²) in [6.07, 6.45) is 0. The van der Waals surface area contributed by atoms with Crippen LogP contribution in [0.25, 0.3) is 0 Å². The van der Waals surface area contributed by atoms with Crippen molar-refractivity contribution in [3.8, 4) is 0 Å². The van der Waals surface area contributed by atoms with Crippen molar-refractivity contribution in [1.29, 1.82) is 0 Å². The molecule has 0 spiro atoms. The van der Waals surface area contributed by atoms with E-state index in [9.17, 15) is 21.6 Å². The van der Waals surface area contributed by atoms with E-state index >= 15 is 0 Å². The van der Waals surface area contributed by atoms with Crippen molar-refractivity contribution in [2.75, 3.05) is 13.1 Å². The predicted octanol–water partition coefficient (Wildman–Crippen LogP) is 0.169. The van der Waals surface area contributed by atoms with Crippen LogP contribution in [0.5, 0.6) is 0 Å². The maximum absolute atomic E-state index is 11.6. The molecule has 0 atom stereocenters. The summed E-state index contributed by atoms with van der Waals surface area (Å²) in [6, 6.07) is 0. The van der Waals surface area contributed by atoms with E-state index in [0.717, 1.165) is 0 Å². The van der Waals surface area contributed by atoms with E-state index in [1.54, 1.807) is 0 Å². The van der Waals surface area contributed by atoms with Crippen LogP contribution in [0, 0.1) is 0 Å². The second-order valence-corrected chi connectivity index (χ2v) is 3.75. The minimum absolute atomic E-state index is 0.0864. The van der Waals surface area contributed by atoms with Crippen LogP contribution in [0.3, 0.4) is 0 Å². The molecule has 0 radical (unpaired) electrons. The zero-order valence-corrected chi connectivity index (χ0v) is 7.22. The summed E-state index contributed by atoms with van der Waals surface area (Å²) in [7, 11) is -5.22. The molecule has 0 fully saturated rings. The number of alkyl halides is 3. The molecule has 2 N–H and O–H groups in total. The molecule has 0 unspecified atom stereocenters. The summed E-state index contributed by atoms with van der Waals surface area (Å²) in [5.74, 6) is 0. The van der Waals surface area contributed by atoms with Crippen molar-refractivity contribution < 1.29 is 21.6 Å². The zero-order valence-electron chi connectivity index (χ0n) is 5.65. The fraction of sp³-hybridized carbons (Fsp3) is 1.00. The van der Waals surface area contributed by atoms with E-state index in [-0.39, 0.29) is 6.54 Å². The van der Waals surface area contributed by atoms with Gasteiger partial charge in [0.15, 0.2) is 0 Å². The van der Waals surface area contributed by atoms with E-state index < -0.39 is 22.1 Å². The first-order chi connectivity index (χ1) is 5.31. The molecule has 0 aromatic carbocycles. The number of hydrogen-bond donors (Lipinski definition) is 2. The van der Waals surface area contributed by atoms with E-state index in [2.05, 4.69) is 0 Å². The average molecular weight is 227 g/mol. The molecular formula is C3H6ClF3N2O2S. The van der Waals surface area contributed by atoms with Crippen LogP contribution >= 0.6 is 11.8 Å². The van der Waals surface area contributed by atoms with Crippen molar-refractivity contribution in [3.63, 3.8) is 0 Å². The van der Waals surface area contributed by atoms with Gasteiger partial charge < -0.3 is 0 Å². The third kappa shape index (κ3) is 3.57. The van der Waals surface area contributed by atoms with E-state index in [1.807, 2.05) is 4.84 Å². The van der Waals surface area contributed by atoms with Gasteiger partial charge in [-0.15, -0.1) is 0 Å². The van der Waals surface area contributed by atoms with E-state index in [0.29, 0.717) is 0 Å². The second kappa shape index (κ2) is 4.26. The Hall–Kier alpha value is -0.0500.